The van der Waals surface area contributed by atoms with Crippen LogP contribution in [0.5, 0.6) is 11.5 Å². The number of nitrogens with zero attached hydrogens (tertiary/aromatic N) is 1. The van der Waals surface area contributed by atoms with Gasteiger partial charge in [0.15, 0.2) is 11.5 Å². The summed E-state index contributed by atoms with van der Waals surface area (Å²) in [6, 6.07) is 11.5. The molecule has 0 amide bonds. The average Bonchev–Trinajstić information content (AvgIpc) is 2.60. The van der Waals surface area contributed by atoms with Gasteiger partial charge in [-0.2, -0.15) is 0 Å². The molecule has 1 aliphatic heterocycles. The van der Waals surface area contributed by atoms with Gasteiger partial charge < -0.3 is 9.47 Å². The van der Waals surface area contributed by atoms with E-state index in [1.807, 2.05) is 13.8 Å². The maximum absolute atomic E-state index is 6.06. The molecule has 1 aliphatic carbocycles. The van der Waals surface area contributed by atoms with Crippen LogP contribution in [0.15, 0.2) is 30.3 Å². The summed E-state index contributed by atoms with van der Waals surface area (Å²) in [5.41, 5.74) is 6.92. The van der Waals surface area contributed by atoms with Crippen molar-refractivity contribution in [3.05, 3.63) is 47.0 Å². The Morgan fingerprint density at radius 1 is 1.04 bits per heavy atom. The van der Waals surface area contributed by atoms with E-state index in [2.05, 4.69) is 42.3 Å². The Labute approximate surface area is 144 Å². The second-order valence-corrected chi connectivity index (χ2v) is 6.62. The van der Waals surface area contributed by atoms with E-state index in [0.29, 0.717) is 19.3 Å². The molecule has 0 spiro atoms. The monoisotopic (exact) mass is 323 g/mol. The van der Waals surface area contributed by atoms with Crippen LogP contribution in [0.4, 0.5) is 0 Å². The number of benzene rings is 2. The van der Waals surface area contributed by atoms with Crippen LogP contribution in [0.2, 0.25) is 0 Å². The summed E-state index contributed by atoms with van der Waals surface area (Å²) < 4.78 is 11.9. The molecule has 2 aliphatic rings. The molecule has 2 aromatic rings. The van der Waals surface area contributed by atoms with E-state index in [1.54, 1.807) is 0 Å². The number of ether oxygens (including phenoxy) is 2. The van der Waals surface area contributed by atoms with Crippen LogP contribution < -0.4 is 9.47 Å². The fourth-order valence-corrected chi connectivity index (χ4v) is 4.21. The molecule has 24 heavy (non-hydrogen) atoms. The zero-order valence-corrected chi connectivity index (χ0v) is 14.8. The third-order valence-corrected chi connectivity index (χ3v) is 5.27. The molecular weight excluding hydrogens is 298 g/mol. The number of likely N-dealkylation sites (N-methyl/N-ethyl adjacent to an activating group) is 1. The Bertz CT molecular complexity index is 769. The molecule has 3 heteroatoms. The first-order valence-electron chi connectivity index (χ1n) is 8.98. The minimum absolute atomic E-state index is 0.477. The zero-order valence-electron chi connectivity index (χ0n) is 14.8. The molecule has 0 N–H and O–H groups in total. The molecule has 0 bridgehead atoms. The molecular formula is C21H25NO2. The highest BCUT2D eigenvalue weighted by Crippen LogP contribution is 2.50. The van der Waals surface area contributed by atoms with Gasteiger partial charge in [0.2, 0.25) is 0 Å². The highest BCUT2D eigenvalue weighted by Gasteiger charge is 2.34. The normalized spacial score (nSPS) is 18.7. The van der Waals surface area contributed by atoms with Crippen molar-refractivity contribution >= 4 is 0 Å². The smallest absolute Gasteiger partial charge is 0.169 e. The third kappa shape index (κ3) is 2.30. The van der Waals surface area contributed by atoms with Crippen molar-refractivity contribution in [2.45, 2.75) is 32.7 Å². The molecule has 0 saturated heterocycles. The van der Waals surface area contributed by atoms with Gasteiger partial charge in [0, 0.05) is 18.2 Å². The minimum atomic E-state index is 0.477. The summed E-state index contributed by atoms with van der Waals surface area (Å²) in [5, 5.41) is 0. The number of hydrogen-bond acceptors (Lipinski definition) is 3. The van der Waals surface area contributed by atoms with Crippen molar-refractivity contribution in [2.75, 3.05) is 26.8 Å². The summed E-state index contributed by atoms with van der Waals surface area (Å²) in [4.78, 5) is 2.49. The number of rotatable bonds is 4. The molecule has 0 radical (unpaired) electrons. The van der Waals surface area contributed by atoms with Gasteiger partial charge in [-0.25, -0.2) is 0 Å². The van der Waals surface area contributed by atoms with Crippen LogP contribution in [-0.2, 0) is 12.8 Å². The molecule has 1 atom stereocenters. The molecule has 0 saturated carbocycles. The highest BCUT2D eigenvalue weighted by molar-refractivity contribution is 5.82. The Hall–Kier alpha value is -2.00. The molecule has 0 fully saturated rings. The van der Waals surface area contributed by atoms with Crippen molar-refractivity contribution < 1.29 is 9.47 Å². The summed E-state index contributed by atoms with van der Waals surface area (Å²) >= 11 is 0. The molecule has 3 nitrogen and oxygen atoms in total. The van der Waals surface area contributed by atoms with Crippen LogP contribution in [0, 0.1) is 0 Å². The lowest BCUT2D eigenvalue weighted by molar-refractivity contribution is 0.227. The van der Waals surface area contributed by atoms with Crippen LogP contribution in [0.3, 0.4) is 0 Å². The molecule has 4 rings (SSSR count). The molecule has 1 unspecified atom stereocenters. The van der Waals surface area contributed by atoms with Gasteiger partial charge in [-0.15, -0.1) is 0 Å². The average molecular weight is 323 g/mol. The first kappa shape index (κ1) is 15.5. The molecule has 0 aromatic heterocycles. The van der Waals surface area contributed by atoms with E-state index in [-0.39, 0.29) is 0 Å². The summed E-state index contributed by atoms with van der Waals surface area (Å²) in [7, 11) is 2.24. The predicted octanol–water partition coefficient (Wildman–Crippen LogP) is 4.24. The summed E-state index contributed by atoms with van der Waals surface area (Å²) in [6.07, 6.45) is 2.17. The van der Waals surface area contributed by atoms with Crippen LogP contribution >= 0.6 is 0 Å². The van der Waals surface area contributed by atoms with E-state index in [0.717, 1.165) is 30.9 Å². The van der Waals surface area contributed by atoms with Crippen LogP contribution in [-0.4, -0.2) is 31.7 Å². The third-order valence-electron chi connectivity index (χ3n) is 5.27. The van der Waals surface area contributed by atoms with Gasteiger partial charge in [0.1, 0.15) is 0 Å². The Morgan fingerprint density at radius 2 is 1.88 bits per heavy atom. The zero-order chi connectivity index (χ0) is 16.7. The summed E-state index contributed by atoms with van der Waals surface area (Å²) in [5.74, 6) is 1.77. The van der Waals surface area contributed by atoms with Gasteiger partial charge >= 0.3 is 0 Å². The molecule has 2 aromatic carbocycles. The van der Waals surface area contributed by atoms with Crippen molar-refractivity contribution in [2.24, 2.45) is 0 Å². The Morgan fingerprint density at radius 3 is 2.67 bits per heavy atom. The van der Waals surface area contributed by atoms with Gasteiger partial charge in [-0.1, -0.05) is 24.3 Å². The topological polar surface area (TPSA) is 21.7 Å². The van der Waals surface area contributed by atoms with Gasteiger partial charge in [-0.05, 0) is 62.1 Å². The van der Waals surface area contributed by atoms with Crippen molar-refractivity contribution in [3.8, 4) is 22.6 Å². The Balaban J connectivity index is 1.96. The van der Waals surface area contributed by atoms with Gasteiger partial charge in [0.05, 0.1) is 13.2 Å². The first-order chi connectivity index (χ1) is 11.7. The van der Waals surface area contributed by atoms with Crippen molar-refractivity contribution in [1.82, 2.24) is 4.90 Å². The van der Waals surface area contributed by atoms with E-state index < -0.39 is 0 Å². The second kappa shape index (κ2) is 6.14. The van der Waals surface area contributed by atoms with Gasteiger partial charge in [-0.3, -0.25) is 4.90 Å². The first-order valence-corrected chi connectivity index (χ1v) is 8.98. The van der Waals surface area contributed by atoms with Crippen molar-refractivity contribution in [1.29, 1.82) is 0 Å². The summed E-state index contributed by atoms with van der Waals surface area (Å²) in [6.45, 7) is 6.48. The predicted molar refractivity (Wildman–Crippen MR) is 97.0 cm³/mol. The Kier molecular flexibility index (Phi) is 3.97. The maximum atomic E-state index is 6.06. The number of fused-ring (bicyclic) bond motifs is 2. The van der Waals surface area contributed by atoms with Crippen LogP contribution in [0.1, 0.15) is 36.6 Å². The molecule has 1 heterocycles. The van der Waals surface area contributed by atoms with Gasteiger partial charge in [0.25, 0.3) is 0 Å². The quantitative estimate of drug-likeness (QED) is 0.840. The van der Waals surface area contributed by atoms with E-state index in [4.69, 9.17) is 9.47 Å². The second-order valence-electron chi connectivity index (χ2n) is 6.62. The standard InChI is InChI=1S/C21H25NO2/c1-4-23-18-10-9-15-13-17-19-14(11-12-22(17)3)7-6-8-16(19)20(15)21(18)24-5-2/h6-10,17H,4-5,11-13H2,1-3H3. The number of hydrogen-bond donors (Lipinski definition) is 0. The van der Waals surface area contributed by atoms with E-state index in [9.17, 15) is 0 Å². The van der Waals surface area contributed by atoms with Crippen molar-refractivity contribution in [3.63, 3.8) is 0 Å². The lowest BCUT2D eigenvalue weighted by Crippen LogP contribution is -2.35. The SMILES string of the molecule is CCOc1ccc2c(c1OCC)-c1cccc3c1C(C2)N(C)CC3. The fourth-order valence-electron chi connectivity index (χ4n) is 4.21. The van der Waals surface area contributed by atoms with E-state index >= 15 is 0 Å². The molecule has 126 valence electrons. The minimum Gasteiger partial charge on any atom is -0.490 e. The highest BCUT2D eigenvalue weighted by atomic mass is 16.5. The fraction of sp³-hybridized carbons (Fsp3) is 0.429. The van der Waals surface area contributed by atoms with E-state index in [1.165, 1.54) is 27.8 Å². The maximum Gasteiger partial charge on any atom is 0.169 e. The van der Waals surface area contributed by atoms with Crippen LogP contribution in [0.25, 0.3) is 11.1 Å². The lowest BCUT2D eigenvalue weighted by atomic mass is 9.77. The lowest BCUT2D eigenvalue weighted by Gasteiger charge is -2.40. The largest absolute Gasteiger partial charge is 0.490 e.